The van der Waals surface area contributed by atoms with E-state index < -0.39 is 0 Å². The van der Waals surface area contributed by atoms with Gasteiger partial charge in [0.25, 0.3) is 0 Å². The van der Waals surface area contributed by atoms with Crippen LogP contribution in [0, 0.1) is 0 Å². The maximum absolute atomic E-state index is 5.47. The number of anilines is 1. The molecule has 0 bridgehead atoms. The number of ether oxygens (including phenoxy) is 2. The molecule has 3 heteroatoms. The average molecular weight is 153 g/mol. The summed E-state index contributed by atoms with van der Waals surface area (Å²) >= 11 is 0. The highest BCUT2D eigenvalue weighted by atomic mass is 16.7. The van der Waals surface area contributed by atoms with Crippen LogP contribution in [0.1, 0.15) is 0 Å². The fourth-order valence-electron chi connectivity index (χ4n) is 0.691. The van der Waals surface area contributed by atoms with Crippen molar-refractivity contribution >= 4 is 5.69 Å². The van der Waals surface area contributed by atoms with Crippen molar-refractivity contribution in [3.05, 3.63) is 24.3 Å². The Hall–Kier alpha value is -1.22. The molecule has 1 aromatic carbocycles. The zero-order chi connectivity index (χ0) is 8.10. The molecular formula is C8H11NO2. The first-order valence-electron chi connectivity index (χ1n) is 3.30. The van der Waals surface area contributed by atoms with Gasteiger partial charge in [0.1, 0.15) is 5.75 Å². The summed E-state index contributed by atoms with van der Waals surface area (Å²) in [7, 11) is 1.58. The van der Waals surface area contributed by atoms with Gasteiger partial charge in [0.15, 0.2) is 6.79 Å². The highest BCUT2D eigenvalue weighted by molar-refractivity contribution is 5.41. The Morgan fingerprint density at radius 1 is 1.27 bits per heavy atom. The van der Waals surface area contributed by atoms with Crippen molar-refractivity contribution in [1.82, 2.24) is 0 Å². The summed E-state index contributed by atoms with van der Waals surface area (Å²) in [5.74, 6) is 0.765. The molecule has 0 saturated heterocycles. The van der Waals surface area contributed by atoms with Crippen LogP contribution in [0.25, 0.3) is 0 Å². The molecule has 0 aromatic heterocycles. The number of benzene rings is 1. The maximum atomic E-state index is 5.47. The summed E-state index contributed by atoms with van der Waals surface area (Å²) in [5.41, 5.74) is 6.20. The van der Waals surface area contributed by atoms with Crippen LogP contribution in [-0.4, -0.2) is 13.9 Å². The SMILES string of the molecule is COCOc1ccc(N)cc1. The fraction of sp³-hybridized carbons (Fsp3) is 0.250. The van der Waals surface area contributed by atoms with Gasteiger partial charge in [-0.1, -0.05) is 0 Å². The monoisotopic (exact) mass is 153 g/mol. The second kappa shape index (κ2) is 3.83. The molecule has 0 aliphatic rings. The Labute approximate surface area is 65.7 Å². The van der Waals surface area contributed by atoms with Gasteiger partial charge in [-0.2, -0.15) is 0 Å². The van der Waals surface area contributed by atoms with Crippen LogP contribution in [0.3, 0.4) is 0 Å². The minimum atomic E-state index is 0.268. The predicted molar refractivity (Wildman–Crippen MR) is 43.4 cm³/mol. The van der Waals surface area contributed by atoms with Gasteiger partial charge in [0, 0.05) is 12.8 Å². The molecule has 0 radical (unpaired) electrons. The van der Waals surface area contributed by atoms with Gasteiger partial charge < -0.3 is 15.2 Å². The van der Waals surface area contributed by atoms with Gasteiger partial charge in [-0.3, -0.25) is 0 Å². The van der Waals surface area contributed by atoms with Crippen molar-refractivity contribution in [1.29, 1.82) is 0 Å². The van der Waals surface area contributed by atoms with E-state index in [1.54, 1.807) is 31.4 Å². The van der Waals surface area contributed by atoms with Crippen LogP contribution in [0.15, 0.2) is 24.3 Å². The van der Waals surface area contributed by atoms with Crippen molar-refractivity contribution < 1.29 is 9.47 Å². The van der Waals surface area contributed by atoms with E-state index in [0.29, 0.717) is 0 Å². The Morgan fingerprint density at radius 3 is 2.45 bits per heavy atom. The normalized spacial score (nSPS) is 9.55. The molecule has 60 valence electrons. The van der Waals surface area contributed by atoms with Crippen LogP contribution in [0.2, 0.25) is 0 Å². The number of nitrogen functional groups attached to an aromatic ring is 1. The van der Waals surface area contributed by atoms with Crippen LogP contribution >= 0.6 is 0 Å². The zero-order valence-corrected chi connectivity index (χ0v) is 6.41. The minimum absolute atomic E-state index is 0.268. The first-order valence-corrected chi connectivity index (χ1v) is 3.30. The summed E-state index contributed by atoms with van der Waals surface area (Å²) in [5, 5.41) is 0. The summed E-state index contributed by atoms with van der Waals surface area (Å²) in [4.78, 5) is 0. The Morgan fingerprint density at radius 2 is 1.91 bits per heavy atom. The third kappa shape index (κ3) is 2.47. The van der Waals surface area contributed by atoms with Gasteiger partial charge in [0.05, 0.1) is 0 Å². The highest BCUT2D eigenvalue weighted by Gasteiger charge is 1.90. The van der Waals surface area contributed by atoms with Gasteiger partial charge in [-0.15, -0.1) is 0 Å². The number of hydrogen-bond acceptors (Lipinski definition) is 3. The largest absolute Gasteiger partial charge is 0.468 e. The van der Waals surface area contributed by atoms with Gasteiger partial charge >= 0.3 is 0 Å². The third-order valence-corrected chi connectivity index (χ3v) is 1.22. The van der Waals surface area contributed by atoms with E-state index in [-0.39, 0.29) is 6.79 Å². The minimum Gasteiger partial charge on any atom is -0.468 e. The topological polar surface area (TPSA) is 44.5 Å². The van der Waals surface area contributed by atoms with Crippen molar-refractivity contribution in [2.75, 3.05) is 19.6 Å². The van der Waals surface area contributed by atoms with E-state index in [0.717, 1.165) is 11.4 Å². The lowest BCUT2D eigenvalue weighted by molar-refractivity contribution is 0.0511. The van der Waals surface area contributed by atoms with Crippen molar-refractivity contribution in [2.45, 2.75) is 0 Å². The molecule has 3 nitrogen and oxygen atoms in total. The molecule has 11 heavy (non-hydrogen) atoms. The summed E-state index contributed by atoms with van der Waals surface area (Å²) < 4.78 is 9.85. The molecule has 2 N–H and O–H groups in total. The Bertz CT molecular complexity index is 208. The van der Waals surface area contributed by atoms with Crippen molar-refractivity contribution in [3.63, 3.8) is 0 Å². The van der Waals surface area contributed by atoms with Crippen LogP contribution in [0.5, 0.6) is 5.75 Å². The van der Waals surface area contributed by atoms with Gasteiger partial charge in [0.2, 0.25) is 0 Å². The predicted octanol–water partition coefficient (Wildman–Crippen LogP) is 1.25. The standard InChI is InChI=1S/C8H11NO2/c1-10-6-11-8-4-2-7(9)3-5-8/h2-5H,6,9H2,1H3. The lowest BCUT2D eigenvalue weighted by atomic mass is 10.3. The van der Waals surface area contributed by atoms with Crippen LogP contribution in [0.4, 0.5) is 5.69 Å². The van der Waals surface area contributed by atoms with Gasteiger partial charge in [-0.05, 0) is 24.3 Å². The molecule has 1 aromatic rings. The van der Waals surface area contributed by atoms with E-state index in [4.69, 9.17) is 15.2 Å². The quantitative estimate of drug-likeness (QED) is 0.525. The summed E-state index contributed by atoms with van der Waals surface area (Å²) in [6.45, 7) is 0.268. The lowest BCUT2D eigenvalue weighted by Crippen LogP contribution is -1.98. The molecule has 0 saturated carbocycles. The first-order chi connectivity index (χ1) is 5.33. The maximum Gasteiger partial charge on any atom is 0.188 e. The average Bonchev–Trinajstić information content (AvgIpc) is 2.04. The molecule has 0 fully saturated rings. The second-order valence-electron chi connectivity index (χ2n) is 2.12. The molecule has 0 atom stereocenters. The highest BCUT2D eigenvalue weighted by Crippen LogP contribution is 2.12. The molecule has 0 amide bonds. The van der Waals surface area contributed by atoms with Crippen molar-refractivity contribution in [2.24, 2.45) is 0 Å². The fourth-order valence-corrected chi connectivity index (χ4v) is 0.691. The molecule has 1 rings (SSSR count). The molecule has 0 unspecified atom stereocenters. The van der Waals surface area contributed by atoms with Crippen LogP contribution < -0.4 is 10.5 Å². The molecule has 0 spiro atoms. The van der Waals surface area contributed by atoms with Gasteiger partial charge in [-0.25, -0.2) is 0 Å². The number of methoxy groups -OCH3 is 1. The zero-order valence-electron chi connectivity index (χ0n) is 6.41. The van der Waals surface area contributed by atoms with E-state index in [1.807, 2.05) is 0 Å². The summed E-state index contributed by atoms with van der Waals surface area (Å²) in [6, 6.07) is 7.17. The Kier molecular flexibility index (Phi) is 2.74. The second-order valence-corrected chi connectivity index (χ2v) is 2.12. The van der Waals surface area contributed by atoms with Crippen molar-refractivity contribution in [3.8, 4) is 5.75 Å². The lowest BCUT2D eigenvalue weighted by Gasteiger charge is -2.03. The Balaban J connectivity index is 2.52. The smallest absolute Gasteiger partial charge is 0.188 e. The van der Waals surface area contributed by atoms with E-state index >= 15 is 0 Å². The molecule has 0 aliphatic heterocycles. The number of rotatable bonds is 3. The summed E-state index contributed by atoms with van der Waals surface area (Å²) in [6.07, 6.45) is 0. The first kappa shape index (κ1) is 7.88. The van der Waals surface area contributed by atoms with E-state index in [1.165, 1.54) is 0 Å². The molecule has 0 heterocycles. The van der Waals surface area contributed by atoms with E-state index in [2.05, 4.69) is 0 Å². The number of nitrogens with two attached hydrogens (primary N) is 1. The number of hydrogen-bond donors (Lipinski definition) is 1. The third-order valence-electron chi connectivity index (χ3n) is 1.22. The molecule has 0 aliphatic carbocycles. The van der Waals surface area contributed by atoms with E-state index in [9.17, 15) is 0 Å². The molecular weight excluding hydrogens is 142 g/mol. The van der Waals surface area contributed by atoms with Crippen LogP contribution in [-0.2, 0) is 4.74 Å².